The van der Waals surface area contributed by atoms with Gasteiger partial charge in [0.15, 0.2) is 23.0 Å². The molecule has 0 spiro atoms. The van der Waals surface area contributed by atoms with Gasteiger partial charge in [-0.2, -0.15) is 0 Å². The average molecular weight is 570 g/mol. The number of rotatable bonds is 11. The number of benzene rings is 1. The van der Waals surface area contributed by atoms with Crippen LogP contribution in [0.4, 0.5) is 0 Å². The second kappa shape index (κ2) is 15.6. The highest BCUT2D eigenvalue weighted by atomic mass is 16.6. The van der Waals surface area contributed by atoms with Gasteiger partial charge in [-0.3, -0.25) is 24.0 Å². The molecule has 218 valence electrons. The van der Waals surface area contributed by atoms with Gasteiger partial charge in [-0.25, -0.2) is 4.79 Å². The lowest BCUT2D eigenvalue weighted by molar-refractivity contribution is -0.141. The highest BCUT2D eigenvalue weighted by Gasteiger charge is 2.23. The summed E-state index contributed by atoms with van der Waals surface area (Å²) in [4.78, 5) is 69.6. The van der Waals surface area contributed by atoms with Crippen LogP contribution in [0.15, 0.2) is 59.6 Å². The Hall–Kier alpha value is -5.00. The molecule has 1 aliphatic rings. The van der Waals surface area contributed by atoms with E-state index in [0.717, 1.165) is 0 Å². The van der Waals surface area contributed by atoms with Gasteiger partial charge in [-0.05, 0) is 41.3 Å². The second-order valence-electron chi connectivity index (χ2n) is 8.74. The minimum absolute atomic E-state index is 0.0251. The molecule has 0 heterocycles. The van der Waals surface area contributed by atoms with Crippen molar-refractivity contribution in [2.45, 2.75) is 41.0 Å². The Labute approximate surface area is 236 Å². The SMILES string of the molecule is CC(=O)OC1=C(OC(C)=O)CC(C)C(/C=C/C(=O)OCCNC(=O)/C=C/c2ccc(OC(C)=O)c(OC(C)=O)c2)=C1. The molecule has 0 radical (unpaired) electrons. The summed E-state index contributed by atoms with van der Waals surface area (Å²) in [5, 5.41) is 2.56. The van der Waals surface area contributed by atoms with E-state index < -0.39 is 35.8 Å². The van der Waals surface area contributed by atoms with Gasteiger partial charge in [0, 0.05) is 46.3 Å². The average Bonchev–Trinajstić information content (AvgIpc) is 2.86. The van der Waals surface area contributed by atoms with E-state index in [9.17, 15) is 28.8 Å². The van der Waals surface area contributed by atoms with Crippen LogP contribution in [0.5, 0.6) is 11.5 Å². The van der Waals surface area contributed by atoms with E-state index >= 15 is 0 Å². The van der Waals surface area contributed by atoms with Crippen LogP contribution in [0.1, 0.15) is 46.6 Å². The van der Waals surface area contributed by atoms with Gasteiger partial charge in [-0.15, -0.1) is 0 Å². The van der Waals surface area contributed by atoms with Crippen molar-refractivity contribution in [3.63, 3.8) is 0 Å². The molecule has 12 nitrogen and oxygen atoms in total. The molecule has 1 aromatic carbocycles. The maximum atomic E-state index is 12.1. The molecule has 0 aromatic heterocycles. The van der Waals surface area contributed by atoms with Gasteiger partial charge >= 0.3 is 29.8 Å². The maximum Gasteiger partial charge on any atom is 0.330 e. The van der Waals surface area contributed by atoms with E-state index in [1.807, 2.05) is 6.92 Å². The summed E-state index contributed by atoms with van der Waals surface area (Å²) in [6, 6.07) is 4.43. The number of carbonyl (C=O) groups is 6. The van der Waals surface area contributed by atoms with Crippen molar-refractivity contribution in [3.05, 3.63) is 65.2 Å². The van der Waals surface area contributed by atoms with Crippen molar-refractivity contribution in [1.82, 2.24) is 5.32 Å². The van der Waals surface area contributed by atoms with E-state index in [-0.39, 0.29) is 48.5 Å². The van der Waals surface area contributed by atoms with Crippen LogP contribution in [0.3, 0.4) is 0 Å². The highest BCUT2D eigenvalue weighted by molar-refractivity contribution is 5.92. The van der Waals surface area contributed by atoms with Gasteiger partial charge in [0.2, 0.25) is 5.91 Å². The molecule has 0 aliphatic heterocycles. The van der Waals surface area contributed by atoms with Crippen LogP contribution in [0.2, 0.25) is 0 Å². The quantitative estimate of drug-likeness (QED) is 0.137. The first-order valence-corrected chi connectivity index (χ1v) is 12.5. The fourth-order valence-electron chi connectivity index (χ4n) is 3.46. The van der Waals surface area contributed by atoms with E-state index in [2.05, 4.69) is 5.32 Å². The lowest BCUT2D eigenvalue weighted by Gasteiger charge is -2.22. The number of nitrogens with one attached hydrogen (secondary N) is 1. The van der Waals surface area contributed by atoms with Gasteiger partial charge in [0.25, 0.3) is 0 Å². The summed E-state index contributed by atoms with van der Waals surface area (Å²) in [5.74, 6) is -3.17. The zero-order chi connectivity index (χ0) is 30.5. The Morgan fingerprint density at radius 2 is 1.46 bits per heavy atom. The molecule has 2 rings (SSSR count). The van der Waals surface area contributed by atoms with Crippen molar-refractivity contribution >= 4 is 41.8 Å². The van der Waals surface area contributed by atoms with Crippen LogP contribution in [0.25, 0.3) is 6.08 Å². The molecule has 41 heavy (non-hydrogen) atoms. The monoisotopic (exact) mass is 569 g/mol. The number of hydrogen-bond donors (Lipinski definition) is 1. The molecule has 0 fully saturated rings. The molecule has 1 aromatic rings. The summed E-state index contributed by atoms with van der Waals surface area (Å²) in [6.07, 6.45) is 7.21. The summed E-state index contributed by atoms with van der Waals surface area (Å²) >= 11 is 0. The zero-order valence-corrected chi connectivity index (χ0v) is 23.3. The van der Waals surface area contributed by atoms with Crippen molar-refractivity contribution in [3.8, 4) is 11.5 Å². The Morgan fingerprint density at radius 3 is 2.10 bits per heavy atom. The number of hydrogen-bond acceptors (Lipinski definition) is 11. The molecule has 12 heteroatoms. The van der Waals surface area contributed by atoms with Gasteiger partial charge in [-0.1, -0.05) is 19.1 Å². The molecule has 0 saturated carbocycles. The highest BCUT2D eigenvalue weighted by Crippen LogP contribution is 2.32. The van der Waals surface area contributed by atoms with Crippen molar-refractivity contribution in [1.29, 1.82) is 0 Å². The number of allylic oxidation sites excluding steroid dienone is 4. The second-order valence-corrected chi connectivity index (χ2v) is 8.74. The predicted octanol–water partition coefficient (Wildman–Crippen LogP) is 3.07. The fraction of sp³-hybridized carbons (Fsp3) is 0.310. The van der Waals surface area contributed by atoms with Crippen LogP contribution in [-0.2, 0) is 43.0 Å². The normalized spacial score (nSPS) is 14.8. The first kappa shape index (κ1) is 32.2. The lowest BCUT2D eigenvalue weighted by Crippen LogP contribution is -2.26. The Morgan fingerprint density at radius 1 is 0.829 bits per heavy atom. The van der Waals surface area contributed by atoms with E-state index in [0.29, 0.717) is 11.1 Å². The summed E-state index contributed by atoms with van der Waals surface area (Å²) in [7, 11) is 0. The number of esters is 5. The van der Waals surface area contributed by atoms with Gasteiger partial charge in [0.1, 0.15) is 6.61 Å². The first-order valence-electron chi connectivity index (χ1n) is 12.5. The van der Waals surface area contributed by atoms with Crippen molar-refractivity contribution < 1.29 is 52.5 Å². The van der Waals surface area contributed by atoms with Crippen molar-refractivity contribution in [2.24, 2.45) is 5.92 Å². The molecular weight excluding hydrogens is 538 g/mol. The molecule has 1 N–H and O–H groups in total. The Kier molecular flexibility index (Phi) is 12.2. The number of carbonyl (C=O) groups excluding carboxylic acids is 6. The topological polar surface area (TPSA) is 161 Å². The minimum Gasteiger partial charge on any atom is -0.461 e. The molecule has 0 bridgehead atoms. The van der Waals surface area contributed by atoms with Gasteiger partial charge < -0.3 is 29.0 Å². The van der Waals surface area contributed by atoms with Crippen molar-refractivity contribution in [2.75, 3.05) is 13.2 Å². The zero-order valence-electron chi connectivity index (χ0n) is 23.3. The molecule has 1 aliphatic carbocycles. The van der Waals surface area contributed by atoms with E-state index in [4.69, 9.17) is 23.7 Å². The molecular formula is C29H31NO11. The standard InChI is InChI=1S/C29H31NO11/c1-17-14-25(39-19(3)32)27(41-21(5)34)16-23(17)8-11-29(36)37-13-12-30-28(35)10-7-22-6-9-24(38-18(2)31)26(15-22)40-20(4)33/h6-11,15-17H,12-14H2,1-5H3,(H,30,35)/b10-7+,11-8+. The largest absolute Gasteiger partial charge is 0.461 e. The van der Waals surface area contributed by atoms with Crippen LogP contribution < -0.4 is 14.8 Å². The first-order chi connectivity index (χ1) is 19.3. The Balaban J connectivity index is 1.89. The lowest BCUT2D eigenvalue weighted by atomic mass is 9.91. The third-order valence-electron chi connectivity index (χ3n) is 5.11. The van der Waals surface area contributed by atoms with E-state index in [1.54, 1.807) is 6.07 Å². The van der Waals surface area contributed by atoms with Crippen LogP contribution in [-0.4, -0.2) is 48.9 Å². The fourth-order valence-corrected chi connectivity index (χ4v) is 3.46. The molecule has 1 atom stereocenters. The van der Waals surface area contributed by atoms with Crippen LogP contribution >= 0.6 is 0 Å². The number of ether oxygens (including phenoxy) is 5. The Bertz CT molecular complexity index is 1330. The summed E-state index contributed by atoms with van der Waals surface area (Å²) in [6.45, 7) is 6.66. The molecule has 1 unspecified atom stereocenters. The molecule has 1 amide bonds. The van der Waals surface area contributed by atoms with Gasteiger partial charge in [0.05, 0.1) is 6.54 Å². The molecule has 0 saturated heterocycles. The predicted molar refractivity (Wildman–Crippen MR) is 144 cm³/mol. The summed E-state index contributed by atoms with van der Waals surface area (Å²) < 4.78 is 25.4. The summed E-state index contributed by atoms with van der Waals surface area (Å²) in [5.41, 5.74) is 1.16. The minimum atomic E-state index is -0.655. The third kappa shape index (κ3) is 11.7. The maximum absolute atomic E-state index is 12.1. The van der Waals surface area contributed by atoms with Crippen LogP contribution in [0, 0.1) is 5.92 Å². The number of amides is 1. The van der Waals surface area contributed by atoms with E-state index in [1.165, 1.54) is 70.2 Å². The smallest absolute Gasteiger partial charge is 0.330 e. The third-order valence-corrected chi connectivity index (χ3v) is 5.11.